The van der Waals surface area contributed by atoms with Crippen LogP contribution in [0, 0.1) is 0 Å². The quantitative estimate of drug-likeness (QED) is 0.930. The fourth-order valence-corrected chi connectivity index (χ4v) is 2.35. The number of carbonyl (C=O) groups excluding carboxylic acids is 1. The maximum atomic E-state index is 12.3. The minimum absolute atomic E-state index is 0. The van der Waals surface area contributed by atoms with Crippen LogP contribution in [-0.2, 0) is 4.79 Å². The van der Waals surface area contributed by atoms with Crippen molar-refractivity contribution < 1.29 is 9.53 Å². The number of nitrogens with zero attached hydrogens (tertiary/aromatic N) is 1. The Morgan fingerprint density at radius 1 is 1.50 bits per heavy atom. The molecule has 1 saturated heterocycles. The number of amides is 1. The summed E-state index contributed by atoms with van der Waals surface area (Å²) in [5.74, 6) is 0.557. The predicted molar refractivity (Wildman–Crippen MR) is 82.8 cm³/mol. The number of hydrogen-bond donors (Lipinski definition) is 1. The smallest absolute Gasteiger partial charge is 0.263 e. The monoisotopic (exact) mass is 318 g/mol. The second kappa shape index (κ2) is 7.72. The molecule has 20 heavy (non-hydrogen) atoms. The molecule has 0 aromatic heterocycles. The van der Waals surface area contributed by atoms with Crippen LogP contribution in [0.3, 0.4) is 0 Å². The van der Waals surface area contributed by atoms with Gasteiger partial charge in [0, 0.05) is 25.7 Å². The average molecular weight is 319 g/mol. The fourth-order valence-electron chi connectivity index (χ4n) is 2.17. The van der Waals surface area contributed by atoms with Gasteiger partial charge in [0.05, 0.1) is 5.02 Å². The van der Waals surface area contributed by atoms with Crippen LogP contribution in [-0.4, -0.2) is 42.6 Å². The van der Waals surface area contributed by atoms with Gasteiger partial charge >= 0.3 is 0 Å². The van der Waals surface area contributed by atoms with Crippen LogP contribution in [0.15, 0.2) is 24.3 Å². The minimum atomic E-state index is -0.523. The molecule has 4 nitrogen and oxygen atoms in total. The first-order chi connectivity index (χ1) is 9.08. The van der Waals surface area contributed by atoms with Gasteiger partial charge in [0.1, 0.15) is 5.75 Å². The molecule has 1 aromatic carbocycles. The molecule has 1 N–H and O–H groups in total. The number of carbonyl (C=O) groups is 1. The minimum Gasteiger partial charge on any atom is -0.479 e. The van der Waals surface area contributed by atoms with E-state index in [4.69, 9.17) is 16.3 Å². The van der Waals surface area contributed by atoms with E-state index in [0.717, 1.165) is 19.6 Å². The fraction of sp³-hybridized carbons (Fsp3) is 0.500. The molecule has 2 unspecified atom stereocenters. The van der Waals surface area contributed by atoms with Crippen LogP contribution in [0.1, 0.15) is 13.8 Å². The molecule has 1 aliphatic heterocycles. The number of halogens is 2. The zero-order valence-electron chi connectivity index (χ0n) is 11.6. The van der Waals surface area contributed by atoms with Gasteiger partial charge in [0.15, 0.2) is 6.10 Å². The highest BCUT2D eigenvalue weighted by atomic mass is 35.5. The maximum absolute atomic E-state index is 12.3. The van der Waals surface area contributed by atoms with Crippen LogP contribution < -0.4 is 10.1 Å². The van der Waals surface area contributed by atoms with Crippen LogP contribution >= 0.6 is 24.0 Å². The van der Waals surface area contributed by atoms with E-state index in [1.807, 2.05) is 17.0 Å². The Morgan fingerprint density at radius 3 is 2.85 bits per heavy atom. The van der Waals surface area contributed by atoms with Crippen molar-refractivity contribution in [2.45, 2.75) is 26.0 Å². The van der Waals surface area contributed by atoms with Crippen LogP contribution in [0.25, 0.3) is 0 Å². The Bertz CT molecular complexity index is 457. The van der Waals surface area contributed by atoms with Crippen molar-refractivity contribution in [2.75, 3.05) is 19.6 Å². The first-order valence-corrected chi connectivity index (χ1v) is 6.89. The first-order valence-electron chi connectivity index (χ1n) is 6.51. The molecule has 2 atom stereocenters. The largest absolute Gasteiger partial charge is 0.479 e. The Balaban J connectivity index is 0.00000200. The summed E-state index contributed by atoms with van der Waals surface area (Å²) >= 11 is 6.02. The summed E-state index contributed by atoms with van der Waals surface area (Å²) < 4.78 is 5.65. The third-order valence-electron chi connectivity index (χ3n) is 3.17. The highest BCUT2D eigenvalue weighted by molar-refractivity contribution is 6.32. The Labute approximate surface area is 130 Å². The molecule has 1 fully saturated rings. The highest BCUT2D eigenvalue weighted by Crippen LogP contribution is 2.24. The van der Waals surface area contributed by atoms with E-state index in [1.165, 1.54) is 0 Å². The number of hydrogen-bond acceptors (Lipinski definition) is 3. The number of nitrogens with one attached hydrogen (secondary N) is 1. The van der Waals surface area contributed by atoms with Crippen molar-refractivity contribution in [1.82, 2.24) is 10.2 Å². The summed E-state index contributed by atoms with van der Waals surface area (Å²) in [6.07, 6.45) is -0.523. The van der Waals surface area contributed by atoms with Crippen molar-refractivity contribution in [3.05, 3.63) is 29.3 Å². The zero-order valence-corrected chi connectivity index (χ0v) is 13.2. The van der Waals surface area contributed by atoms with Gasteiger partial charge in [0.25, 0.3) is 5.91 Å². The van der Waals surface area contributed by atoms with Gasteiger partial charge in [-0.15, -0.1) is 12.4 Å². The molecule has 0 saturated carbocycles. The van der Waals surface area contributed by atoms with Gasteiger partial charge in [-0.2, -0.15) is 0 Å². The van der Waals surface area contributed by atoms with E-state index in [0.29, 0.717) is 16.8 Å². The van der Waals surface area contributed by atoms with E-state index in [9.17, 15) is 4.79 Å². The Hall–Kier alpha value is -0.970. The molecule has 112 valence electrons. The maximum Gasteiger partial charge on any atom is 0.263 e. The highest BCUT2D eigenvalue weighted by Gasteiger charge is 2.26. The normalized spacial score (nSPS) is 19.9. The van der Waals surface area contributed by atoms with Gasteiger partial charge in [-0.05, 0) is 26.0 Å². The van der Waals surface area contributed by atoms with Gasteiger partial charge in [-0.25, -0.2) is 0 Å². The molecule has 0 spiro atoms. The molecule has 1 aromatic rings. The van der Waals surface area contributed by atoms with Gasteiger partial charge in [-0.3, -0.25) is 4.79 Å². The summed E-state index contributed by atoms with van der Waals surface area (Å²) in [7, 11) is 0. The summed E-state index contributed by atoms with van der Waals surface area (Å²) in [6, 6.07) is 7.52. The van der Waals surface area contributed by atoms with Crippen LogP contribution in [0.4, 0.5) is 0 Å². The molecule has 2 rings (SSSR count). The lowest BCUT2D eigenvalue weighted by atomic mass is 10.2. The van der Waals surface area contributed by atoms with E-state index in [2.05, 4.69) is 12.2 Å². The third kappa shape index (κ3) is 4.27. The van der Waals surface area contributed by atoms with Crippen LogP contribution in [0.5, 0.6) is 5.75 Å². The Kier molecular flexibility index (Phi) is 6.59. The topological polar surface area (TPSA) is 41.6 Å². The molecule has 1 aliphatic rings. The summed E-state index contributed by atoms with van der Waals surface area (Å²) in [6.45, 7) is 6.09. The molecule has 1 heterocycles. The van der Waals surface area contributed by atoms with Crippen molar-refractivity contribution in [3.63, 3.8) is 0 Å². The molecule has 0 radical (unpaired) electrons. The second-order valence-corrected chi connectivity index (χ2v) is 5.24. The predicted octanol–water partition coefficient (Wildman–Crippen LogP) is 2.35. The van der Waals surface area contributed by atoms with E-state index >= 15 is 0 Å². The van der Waals surface area contributed by atoms with Gasteiger partial charge in [-0.1, -0.05) is 23.7 Å². The lowest BCUT2D eigenvalue weighted by Crippen LogP contribution is -2.54. The zero-order chi connectivity index (χ0) is 13.8. The average Bonchev–Trinajstić information content (AvgIpc) is 2.40. The second-order valence-electron chi connectivity index (χ2n) is 4.83. The number of rotatable bonds is 3. The third-order valence-corrected chi connectivity index (χ3v) is 3.48. The lowest BCUT2D eigenvalue weighted by Gasteiger charge is -2.33. The molecule has 1 amide bonds. The number of ether oxygens (including phenoxy) is 1. The van der Waals surface area contributed by atoms with Gasteiger partial charge < -0.3 is 15.0 Å². The van der Waals surface area contributed by atoms with Crippen LogP contribution in [0.2, 0.25) is 5.02 Å². The van der Waals surface area contributed by atoms with E-state index < -0.39 is 6.10 Å². The van der Waals surface area contributed by atoms with Gasteiger partial charge in [0.2, 0.25) is 0 Å². The summed E-state index contributed by atoms with van der Waals surface area (Å²) in [5.41, 5.74) is 0. The van der Waals surface area contributed by atoms with E-state index in [-0.39, 0.29) is 18.3 Å². The first kappa shape index (κ1) is 17.1. The van der Waals surface area contributed by atoms with Crippen molar-refractivity contribution in [1.29, 1.82) is 0 Å². The standard InChI is InChI=1S/C14H19ClN2O2.ClH/c1-10-9-17(8-7-16-10)14(18)11(2)19-13-6-4-3-5-12(13)15;/h3-6,10-11,16H,7-9H2,1-2H3;1H. The lowest BCUT2D eigenvalue weighted by molar-refractivity contribution is -0.139. The number of para-hydroxylation sites is 1. The molecule has 0 bridgehead atoms. The van der Waals surface area contributed by atoms with Crippen molar-refractivity contribution in [3.8, 4) is 5.75 Å². The molecular formula is C14H20Cl2N2O2. The molecule has 0 aliphatic carbocycles. The number of benzene rings is 1. The summed E-state index contributed by atoms with van der Waals surface area (Å²) in [4.78, 5) is 14.1. The Morgan fingerprint density at radius 2 is 2.20 bits per heavy atom. The number of piperazine rings is 1. The summed E-state index contributed by atoms with van der Waals surface area (Å²) in [5, 5.41) is 3.83. The van der Waals surface area contributed by atoms with Crippen molar-refractivity contribution >= 4 is 29.9 Å². The molecule has 6 heteroatoms. The van der Waals surface area contributed by atoms with Crippen molar-refractivity contribution in [2.24, 2.45) is 0 Å². The van der Waals surface area contributed by atoms with E-state index in [1.54, 1.807) is 19.1 Å². The molecular weight excluding hydrogens is 299 g/mol. The SMILES string of the molecule is CC1CN(C(=O)C(C)Oc2ccccc2Cl)CCN1.Cl.